The molecule has 5 rings (SSSR count). The van der Waals surface area contributed by atoms with Crippen LogP contribution in [0, 0.1) is 0 Å². The van der Waals surface area contributed by atoms with Gasteiger partial charge < -0.3 is 20.3 Å². The van der Waals surface area contributed by atoms with Crippen LogP contribution in [0.15, 0.2) is 65.7 Å². The number of imidazole rings is 1. The second-order valence-corrected chi connectivity index (χ2v) is 6.92. The molecule has 1 amide bonds. The zero-order chi connectivity index (χ0) is 22.1. The molecule has 32 heavy (non-hydrogen) atoms. The van der Waals surface area contributed by atoms with Crippen molar-refractivity contribution >= 4 is 29.2 Å². The van der Waals surface area contributed by atoms with Gasteiger partial charge in [0.2, 0.25) is 0 Å². The molecule has 0 radical (unpaired) electrons. The fraction of sp³-hybridized carbons (Fsp3) is 0.0476. The number of oxazole rings is 1. The molecule has 0 unspecified atom stereocenters. The number of fused-ring (bicyclic) bond motifs is 1. The molecule has 5 heterocycles. The Bertz CT molecular complexity index is 1430. The van der Waals surface area contributed by atoms with Crippen molar-refractivity contribution in [2.75, 3.05) is 16.8 Å². The smallest absolute Gasteiger partial charge is 0.302 e. The molecule has 0 saturated heterocycles. The fourth-order valence-corrected chi connectivity index (χ4v) is 3.24. The van der Waals surface area contributed by atoms with Gasteiger partial charge in [0.05, 0.1) is 24.5 Å². The largest absolute Gasteiger partial charge is 0.427 e. The highest BCUT2D eigenvalue weighted by Gasteiger charge is 2.19. The molecule has 11 nitrogen and oxygen atoms in total. The van der Waals surface area contributed by atoms with Crippen LogP contribution in [0.25, 0.3) is 16.9 Å². The van der Waals surface area contributed by atoms with E-state index in [0.717, 1.165) is 5.56 Å². The maximum absolute atomic E-state index is 12.5. The molecule has 158 valence electrons. The van der Waals surface area contributed by atoms with E-state index in [9.17, 15) is 4.79 Å². The molecule has 0 atom stereocenters. The predicted molar refractivity (Wildman–Crippen MR) is 117 cm³/mol. The van der Waals surface area contributed by atoms with E-state index in [1.807, 2.05) is 30.5 Å². The summed E-state index contributed by atoms with van der Waals surface area (Å²) in [6.45, 7) is 0. The molecule has 0 spiro atoms. The molecule has 0 bridgehead atoms. The molecule has 0 aliphatic carbocycles. The van der Waals surface area contributed by atoms with Crippen molar-refractivity contribution in [1.82, 2.24) is 29.3 Å². The van der Waals surface area contributed by atoms with Crippen LogP contribution in [-0.4, -0.2) is 35.2 Å². The van der Waals surface area contributed by atoms with Crippen LogP contribution < -0.4 is 16.8 Å². The van der Waals surface area contributed by atoms with Crippen molar-refractivity contribution < 1.29 is 9.21 Å². The molecular formula is C21H17N9O2. The number of nitrogens with one attached hydrogen (secondary N) is 1. The highest BCUT2D eigenvalue weighted by Crippen LogP contribution is 2.29. The van der Waals surface area contributed by atoms with E-state index in [1.54, 1.807) is 16.7 Å². The summed E-state index contributed by atoms with van der Waals surface area (Å²) in [6, 6.07) is 9.05. The highest BCUT2D eigenvalue weighted by atomic mass is 16.4. The van der Waals surface area contributed by atoms with Crippen LogP contribution in [-0.2, 0) is 6.42 Å². The summed E-state index contributed by atoms with van der Waals surface area (Å²) in [5.74, 6) is 0.820. The van der Waals surface area contributed by atoms with Crippen LogP contribution in [0.2, 0.25) is 0 Å². The Balaban J connectivity index is 1.54. The zero-order valence-corrected chi connectivity index (χ0v) is 16.6. The lowest BCUT2D eigenvalue weighted by Gasteiger charge is -2.03. The number of hydrogen-bond donors (Lipinski definition) is 3. The summed E-state index contributed by atoms with van der Waals surface area (Å²) >= 11 is 0. The Hall–Kier alpha value is -4.80. The minimum atomic E-state index is -0.489. The Kier molecular flexibility index (Phi) is 4.67. The molecule has 5 aromatic rings. The third kappa shape index (κ3) is 3.81. The van der Waals surface area contributed by atoms with E-state index in [0.29, 0.717) is 40.9 Å². The van der Waals surface area contributed by atoms with Gasteiger partial charge in [-0.2, -0.15) is 4.98 Å². The second-order valence-electron chi connectivity index (χ2n) is 6.92. The normalized spacial score (nSPS) is 11.0. The van der Waals surface area contributed by atoms with Gasteiger partial charge in [-0.15, -0.1) is 0 Å². The monoisotopic (exact) mass is 427 g/mol. The number of aromatic nitrogens is 6. The minimum Gasteiger partial charge on any atom is -0.427 e. The molecule has 0 fully saturated rings. The Labute approximate surface area is 181 Å². The van der Waals surface area contributed by atoms with Gasteiger partial charge in [-0.05, 0) is 24.3 Å². The number of carbonyl (C=O) groups is 1. The first-order valence-electron chi connectivity index (χ1n) is 9.58. The topological polar surface area (TPSA) is 163 Å². The molecule has 11 heteroatoms. The second kappa shape index (κ2) is 7.80. The van der Waals surface area contributed by atoms with E-state index in [1.165, 1.54) is 18.6 Å². The summed E-state index contributed by atoms with van der Waals surface area (Å²) in [6.07, 6.45) is 8.12. The Morgan fingerprint density at radius 1 is 1.03 bits per heavy atom. The lowest BCUT2D eigenvalue weighted by molar-refractivity contribution is 0.101. The first-order chi connectivity index (χ1) is 15.5. The summed E-state index contributed by atoms with van der Waals surface area (Å²) < 4.78 is 7.69. The molecule has 0 aliphatic heterocycles. The van der Waals surface area contributed by atoms with Crippen LogP contribution >= 0.6 is 0 Å². The van der Waals surface area contributed by atoms with Gasteiger partial charge in [0, 0.05) is 24.2 Å². The molecule has 5 aromatic heterocycles. The SMILES string of the molecule is Nc1cccc(Cc2oc(NC(=O)c3cnccn3)nc2-c2ccc3nc(N)cn3c2)n1. The molecule has 5 N–H and O–H groups in total. The number of anilines is 3. The van der Waals surface area contributed by atoms with Gasteiger partial charge >= 0.3 is 6.01 Å². The highest BCUT2D eigenvalue weighted by molar-refractivity contribution is 6.01. The number of rotatable bonds is 5. The van der Waals surface area contributed by atoms with Crippen LogP contribution in [0.3, 0.4) is 0 Å². The zero-order valence-electron chi connectivity index (χ0n) is 16.6. The first-order valence-corrected chi connectivity index (χ1v) is 9.58. The Morgan fingerprint density at radius 2 is 1.94 bits per heavy atom. The van der Waals surface area contributed by atoms with Crippen molar-refractivity contribution in [2.24, 2.45) is 0 Å². The molecule has 0 aromatic carbocycles. The Morgan fingerprint density at radius 3 is 2.75 bits per heavy atom. The summed E-state index contributed by atoms with van der Waals surface area (Å²) in [4.78, 5) is 33.4. The van der Waals surface area contributed by atoms with Crippen LogP contribution in [0.5, 0.6) is 0 Å². The van der Waals surface area contributed by atoms with E-state index >= 15 is 0 Å². The maximum Gasteiger partial charge on any atom is 0.302 e. The average molecular weight is 427 g/mol. The number of pyridine rings is 2. The number of carbonyl (C=O) groups excluding carboxylic acids is 1. The quantitative estimate of drug-likeness (QED) is 0.381. The van der Waals surface area contributed by atoms with Gasteiger partial charge in [-0.1, -0.05) is 6.07 Å². The number of nitrogens with zero attached hydrogens (tertiary/aromatic N) is 6. The van der Waals surface area contributed by atoms with E-state index in [2.05, 4.69) is 30.2 Å². The fourth-order valence-electron chi connectivity index (χ4n) is 3.24. The number of nitrogens with two attached hydrogens (primary N) is 2. The molecule has 0 aliphatic rings. The van der Waals surface area contributed by atoms with Gasteiger partial charge in [0.25, 0.3) is 5.91 Å². The van der Waals surface area contributed by atoms with Crippen LogP contribution in [0.4, 0.5) is 17.7 Å². The molecule has 0 saturated carbocycles. The summed E-state index contributed by atoms with van der Waals surface area (Å²) in [7, 11) is 0. The standard InChI is InChI=1S/C21H17N9O2/c22-16-3-1-2-13(26-16)8-15-19(12-4-5-18-27-17(23)11-30(18)10-12)28-21(32-15)29-20(31)14-9-24-6-7-25-14/h1-7,9-11H,8,23H2,(H2,22,26)(H,28,29,31). The van der Waals surface area contributed by atoms with Crippen molar-refractivity contribution in [2.45, 2.75) is 6.42 Å². The van der Waals surface area contributed by atoms with E-state index in [4.69, 9.17) is 15.9 Å². The van der Waals surface area contributed by atoms with Gasteiger partial charge in [0.15, 0.2) is 0 Å². The summed E-state index contributed by atoms with van der Waals surface area (Å²) in [5.41, 5.74) is 14.4. The van der Waals surface area contributed by atoms with Gasteiger partial charge in [-0.3, -0.25) is 15.1 Å². The van der Waals surface area contributed by atoms with Gasteiger partial charge in [0.1, 0.15) is 34.4 Å². The summed E-state index contributed by atoms with van der Waals surface area (Å²) in [5, 5.41) is 2.62. The van der Waals surface area contributed by atoms with Crippen molar-refractivity contribution in [1.29, 1.82) is 0 Å². The number of nitrogen functional groups attached to an aromatic ring is 2. The first kappa shape index (κ1) is 19.2. The minimum absolute atomic E-state index is 0.0276. The van der Waals surface area contributed by atoms with Crippen molar-refractivity contribution in [3.63, 3.8) is 0 Å². The third-order valence-corrected chi connectivity index (χ3v) is 4.63. The third-order valence-electron chi connectivity index (χ3n) is 4.63. The van der Waals surface area contributed by atoms with Crippen LogP contribution in [0.1, 0.15) is 21.9 Å². The van der Waals surface area contributed by atoms with Crippen molar-refractivity contribution in [3.8, 4) is 11.3 Å². The lowest BCUT2D eigenvalue weighted by atomic mass is 10.1. The predicted octanol–water partition coefficient (Wildman–Crippen LogP) is 2.18. The number of hydrogen-bond acceptors (Lipinski definition) is 9. The van der Waals surface area contributed by atoms with E-state index < -0.39 is 5.91 Å². The average Bonchev–Trinajstić information content (AvgIpc) is 3.35. The van der Waals surface area contributed by atoms with Gasteiger partial charge in [-0.25, -0.2) is 15.0 Å². The maximum atomic E-state index is 12.5. The number of amides is 1. The lowest BCUT2D eigenvalue weighted by Crippen LogP contribution is -2.13. The van der Waals surface area contributed by atoms with Crippen molar-refractivity contribution in [3.05, 3.63) is 78.5 Å². The molecular weight excluding hydrogens is 410 g/mol. The van der Waals surface area contributed by atoms with E-state index in [-0.39, 0.29) is 11.7 Å².